The number of hydrogen-bond acceptors (Lipinski definition) is 4. The van der Waals surface area contributed by atoms with Crippen molar-refractivity contribution in [2.45, 2.75) is 65.2 Å². The fraction of sp³-hybridized carbons (Fsp3) is 0.478. The zero-order valence-electron chi connectivity index (χ0n) is 16.9. The molecule has 0 amide bonds. The largest absolute Gasteiger partial charge is 0.462 e. The van der Waals surface area contributed by atoms with E-state index in [0.29, 0.717) is 11.5 Å². The van der Waals surface area contributed by atoms with E-state index in [1.165, 1.54) is 49.9 Å². The van der Waals surface area contributed by atoms with E-state index in [9.17, 15) is 4.79 Å². The number of aromatic nitrogens is 2. The Labute approximate surface area is 171 Å². The summed E-state index contributed by atoms with van der Waals surface area (Å²) in [6.07, 6.45) is 9.95. The van der Waals surface area contributed by atoms with Gasteiger partial charge in [0.1, 0.15) is 10.7 Å². The maximum absolute atomic E-state index is 12.1. The number of unbranched alkanes of at least 4 members (excludes halogenated alkanes) is 6. The molecule has 0 radical (unpaired) electrons. The molecule has 0 bridgehead atoms. The second-order valence-corrected chi connectivity index (χ2v) is 8.02. The summed E-state index contributed by atoms with van der Waals surface area (Å²) in [6.45, 7) is 4.47. The molecule has 0 aliphatic heterocycles. The average Bonchev–Trinajstić information content (AvgIpc) is 3.31. The molecule has 4 nitrogen and oxygen atoms in total. The van der Waals surface area contributed by atoms with Crippen LogP contribution in [0.4, 0.5) is 0 Å². The van der Waals surface area contributed by atoms with Gasteiger partial charge < -0.3 is 4.74 Å². The summed E-state index contributed by atoms with van der Waals surface area (Å²) in [6, 6.07) is 10.1. The van der Waals surface area contributed by atoms with Gasteiger partial charge in [-0.2, -0.15) is 0 Å². The molecule has 28 heavy (non-hydrogen) atoms. The first-order valence-corrected chi connectivity index (χ1v) is 11.3. The molecule has 150 valence electrons. The molecule has 0 saturated heterocycles. The Balaban J connectivity index is 1.75. The molecule has 3 rings (SSSR count). The number of imidazole rings is 1. The van der Waals surface area contributed by atoms with E-state index < -0.39 is 0 Å². The molecule has 2 aromatic heterocycles. The quantitative estimate of drug-likeness (QED) is 0.271. The highest BCUT2D eigenvalue weighted by atomic mass is 32.1. The van der Waals surface area contributed by atoms with Crippen molar-refractivity contribution >= 4 is 28.3 Å². The molecular formula is C23H30N2O2S. The highest BCUT2D eigenvalue weighted by Crippen LogP contribution is 2.27. The highest BCUT2D eigenvalue weighted by molar-refractivity contribution is 7.12. The van der Waals surface area contributed by atoms with Crippen LogP contribution in [0.5, 0.6) is 0 Å². The van der Waals surface area contributed by atoms with Crippen molar-refractivity contribution in [3.63, 3.8) is 0 Å². The lowest BCUT2D eigenvalue weighted by Crippen LogP contribution is -2.03. The Kier molecular flexibility index (Phi) is 7.66. The number of esters is 1. The van der Waals surface area contributed by atoms with E-state index in [0.717, 1.165) is 35.4 Å². The summed E-state index contributed by atoms with van der Waals surface area (Å²) in [5, 5.41) is 2.02. The van der Waals surface area contributed by atoms with E-state index >= 15 is 0 Å². The lowest BCUT2D eigenvalue weighted by Gasteiger charge is -2.07. The van der Waals surface area contributed by atoms with Crippen LogP contribution in [-0.2, 0) is 11.2 Å². The number of hydrogen-bond donors (Lipinski definition) is 0. The third kappa shape index (κ3) is 5.02. The minimum atomic E-state index is -0.253. The van der Waals surface area contributed by atoms with Crippen LogP contribution in [0.2, 0.25) is 0 Å². The number of fused-ring (bicyclic) bond motifs is 1. The van der Waals surface area contributed by atoms with Crippen LogP contribution in [0, 0.1) is 0 Å². The Bertz CT molecular complexity index is 897. The van der Waals surface area contributed by atoms with Gasteiger partial charge in [-0.3, -0.25) is 4.57 Å². The molecule has 3 aromatic rings. The van der Waals surface area contributed by atoms with Gasteiger partial charge in [0.25, 0.3) is 0 Å². The van der Waals surface area contributed by atoms with Crippen LogP contribution in [0.3, 0.4) is 0 Å². The predicted octanol–water partition coefficient (Wildman–Crippen LogP) is 6.56. The number of ether oxygens (including phenoxy) is 1. The lowest BCUT2D eigenvalue weighted by molar-refractivity contribution is 0.0532. The molecule has 0 aliphatic carbocycles. The lowest BCUT2D eigenvalue weighted by atomic mass is 10.1. The van der Waals surface area contributed by atoms with Crippen molar-refractivity contribution in [3.8, 4) is 5.69 Å². The number of carbonyl (C=O) groups is 1. The number of nitrogens with zero attached hydrogens (tertiary/aromatic N) is 2. The molecule has 5 heteroatoms. The number of thiophene rings is 1. The molecule has 0 fully saturated rings. The molecule has 0 spiro atoms. The maximum Gasteiger partial charge on any atom is 0.348 e. The number of rotatable bonds is 11. The summed E-state index contributed by atoms with van der Waals surface area (Å²) < 4.78 is 7.34. The van der Waals surface area contributed by atoms with E-state index in [1.54, 1.807) is 0 Å². The molecule has 0 N–H and O–H groups in total. The average molecular weight is 399 g/mol. The van der Waals surface area contributed by atoms with Crippen LogP contribution < -0.4 is 0 Å². The zero-order chi connectivity index (χ0) is 19.8. The second kappa shape index (κ2) is 10.4. The highest BCUT2D eigenvalue weighted by Gasteiger charge is 2.16. The number of aryl methyl sites for hydroxylation is 1. The van der Waals surface area contributed by atoms with Crippen LogP contribution in [0.15, 0.2) is 35.7 Å². The minimum absolute atomic E-state index is 0.253. The van der Waals surface area contributed by atoms with Crippen molar-refractivity contribution in [2.75, 3.05) is 6.61 Å². The van der Waals surface area contributed by atoms with Crippen LogP contribution in [-0.4, -0.2) is 22.1 Å². The van der Waals surface area contributed by atoms with Crippen molar-refractivity contribution in [1.29, 1.82) is 0 Å². The van der Waals surface area contributed by atoms with Gasteiger partial charge in [0.15, 0.2) is 0 Å². The van der Waals surface area contributed by atoms with Gasteiger partial charge in [-0.25, -0.2) is 9.78 Å². The van der Waals surface area contributed by atoms with Crippen molar-refractivity contribution < 1.29 is 9.53 Å². The SMILES string of the molecule is CCCCCCCCCc1nc2ccccc2n1-c1csc(C(=O)OCC)c1. The van der Waals surface area contributed by atoms with Gasteiger partial charge in [-0.1, -0.05) is 57.6 Å². The molecule has 0 atom stereocenters. The molecule has 2 heterocycles. The second-order valence-electron chi connectivity index (χ2n) is 7.11. The third-order valence-corrected chi connectivity index (χ3v) is 5.85. The third-order valence-electron chi connectivity index (χ3n) is 4.95. The molecule has 1 aromatic carbocycles. The van der Waals surface area contributed by atoms with Crippen LogP contribution in [0.1, 0.15) is 74.3 Å². The number of benzene rings is 1. The predicted molar refractivity (Wildman–Crippen MR) is 117 cm³/mol. The normalized spacial score (nSPS) is 11.2. The standard InChI is InChI=1S/C23H30N2O2S/c1-3-5-6-7-8-9-10-15-22-24-19-13-11-12-14-20(19)25(22)18-16-21(28-17-18)23(26)27-4-2/h11-14,16-17H,3-10,15H2,1-2H3. The van der Waals surface area contributed by atoms with E-state index in [1.807, 2.05) is 30.5 Å². The van der Waals surface area contributed by atoms with Crippen molar-refractivity contribution in [2.24, 2.45) is 0 Å². The van der Waals surface area contributed by atoms with E-state index in [-0.39, 0.29) is 5.97 Å². The fourth-order valence-corrected chi connectivity index (χ4v) is 4.29. The summed E-state index contributed by atoms with van der Waals surface area (Å²) in [5.74, 6) is 0.819. The summed E-state index contributed by atoms with van der Waals surface area (Å²) in [5.41, 5.74) is 3.10. The number of para-hydroxylation sites is 2. The first-order chi connectivity index (χ1) is 13.7. The first kappa shape index (κ1) is 20.6. The van der Waals surface area contributed by atoms with Crippen LogP contribution in [0.25, 0.3) is 16.7 Å². The van der Waals surface area contributed by atoms with Crippen molar-refractivity contribution in [1.82, 2.24) is 9.55 Å². The monoisotopic (exact) mass is 398 g/mol. The maximum atomic E-state index is 12.1. The van der Waals surface area contributed by atoms with Gasteiger partial charge >= 0.3 is 5.97 Å². The summed E-state index contributed by atoms with van der Waals surface area (Å²) in [4.78, 5) is 17.6. The Morgan fingerprint density at radius 2 is 1.82 bits per heavy atom. The molecule has 0 aliphatic rings. The molecule has 0 unspecified atom stereocenters. The smallest absolute Gasteiger partial charge is 0.348 e. The number of carbonyl (C=O) groups excluding carboxylic acids is 1. The Morgan fingerprint density at radius 1 is 1.07 bits per heavy atom. The van der Waals surface area contributed by atoms with Gasteiger partial charge in [-0.05, 0) is 31.5 Å². The van der Waals surface area contributed by atoms with Gasteiger partial charge in [-0.15, -0.1) is 11.3 Å². The fourth-order valence-electron chi connectivity index (χ4n) is 3.52. The van der Waals surface area contributed by atoms with E-state index in [4.69, 9.17) is 9.72 Å². The van der Waals surface area contributed by atoms with Gasteiger partial charge in [0.05, 0.1) is 23.3 Å². The van der Waals surface area contributed by atoms with Gasteiger partial charge in [0, 0.05) is 11.8 Å². The Morgan fingerprint density at radius 3 is 2.61 bits per heavy atom. The van der Waals surface area contributed by atoms with E-state index in [2.05, 4.69) is 23.6 Å². The Hall–Kier alpha value is -2.14. The topological polar surface area (TPSA) is 44.1 Å². The first-order valence-electron chi connectivity index (χ1n) is 10.5. The molecular weight excluding hydrogens is 368 g/mol. The molecule has 0 saturated carbocycles. The van der Waals surface area contributed by atoms with Crippen LogP contribution >= 0.6 is 11.3 Å². The summed E-state index contributed by atoms with van der Waals surface area (Å²) in [7, 11) is 0. The summed E-state index contributed by atoms with van der Waals surface area (Å²) >= 11 is 1.43. The minimum Gasteiger partial charge on any atom is -0.462 e. The van der Waals surface area contributed by atoms with Crippen molar-refractivity contribution in [3.05, 3.63) is 46.4 Å². The van der Waals surface area contributed by atoms with Gasteiger partial charge in [0.2, 0.25) is 0 Å². The zero-order valence-corrected chi connectivity index (χ0v) is 17.8.